The highest BCUT2D eigenvalue weighted by molar-refractivity contribution is 6.04. The van der Waals surface area contributed by atoms with Gasteiger partial charge < -0.3 is 14.2 Å². The van der Waals surface area contributed by atoms with Crippen molar-refractivity contribution in [2.75, 3.05) is 7.11 Å². The van der Waals surface area contributed by atoms with E-state index in [1.54, 1.807) is 13.0 Å². The summed E-state index contributed by atoms with van der Waals surface area (Å²) in [5.41, 5.74) is -1.80. The first-order chi connectivity index (χ1) is 10.7. The Balaban J connectivity index is 3.48. The van der Waals surface area contributed by atoms with E-state index in [1.807, 2.05) is 0 Å². The van der Waals surface area contributed by atoms with Crippen molar-refractivity contribution in [1.82, 2.24) is 0 Å². The Morgan fingerprint density at radius 2 is 1.83 bits per heavy atom. The van der Waals surface area contributed by atoms with Crippen molar-refractivity contribution in [1.29, 1.82) is 0 Å². The van der Waals surface area contributed by atoms with Gasteiger partial charge in [0.15, 0.2) is 5.41 Å². The highest BCUT2D eigenvalue weighted by Crippen LogP contribution is 2.45. The van der Waals surface area contributed by atoms with E-state index in [-0.39, 0.29) is 12.0 Å². The maximum atomic E-state index is 12.7. The van der Waals surface area contributed by atoms with E-state index in [4.69, 9.17) is 9.47 Å². The zero-order chi connectivity index (χ0) is 17.8. The fourth-order valence-corrected chi connectivity index (χ4v) is 2.54. The molecule has 0 saturated carbocycles. The first-order valence-corrected chi connectivity index (χ1v) is 7.14. The Kier molecular flexibility index (Phi) is 5.53. The lowest BCUT2D eigenvalue weighted by Crippen LogP contribution is -2.57. The molecule has 0 aromatic heterocycles. The van der Waals surface area contributed by atoms with Crippen LogP contribution in [-0.4, -0.2) is 30.8 Å². The van der Waals surface area contributed by atoms with Crippen LogP contribution in [0.15, 0.2) is 37.0 Å². The Bertz CT molecular complexity index is 550. The molecule has 0 unspecified atom stereocenters. The second-order valence-electron chi connectivity index (χ2n) is 5.66. The predicted octanol–water partition coefficient (Wildman–Crippen LogP) is 2.31. The van der Waals surface area contributed by atoms with Crippen molar-refractivity contribution in [2.24, 2.45) is 11.3 Å². The molecular formula is C17H22O6. The van der Waals surface area contributed by atoms with Crippen LogP contribution < -0.4 is 0 Å². The van der Waals surface area contributed by atoms with E-state index in [2.05, 4.69) is 17.9 Å². The molecule has 0 N–H and O–H groups in total. The number of rotatable bonds is 6. The lowest BCUT2D eigenvalue weighted by Gasteiger charge is -2.43. The average molecular weight is 322 g/mol. The fraction of sp³-hybridized carbons (Fsp3) is 0.471. The van der Waals surface area contributed by atoms with Crippen LogP contribution >= 0.6 is 0 Å². The zero-order valence-corrected chi connectivity index (χ0v) is 13.9. The SMILES string of the molecule is C=CCC1([C@@H](/C=C/C)C(=C)C(=O)OC)C(=O)OC(C)(C)OC1=O. The Hall–Kier alpha value is -2.37. The number of hydrogen-bond acceptors (Lipinski definition) is 6. The summed E-state index contributed by atoms with van der Waals surface area (Å²) in [5.74, 6) is -4.62. The van der Waals surface area contributed by atoms with Gasteiger partial charge in [-0.1, -0.05) is 24.8 Å². The molecule has 1 aliphatic heterocycles. The fourth-order valence-electron chi connectivity index (χ4n) is 2.54. The summed E-state index contributed by atoms with van der Waals surface area (Å²) in [6.45, 7) is 11.9. The van der Waals surface area contributed by atoms with E-state index >= 15 is 0 Å². The normalized spacial score (nSPS) is 20.3. The number of cyclic esters (lactones) is 2. The van der Waals surface area contributed by atoms with Gasteiger partial charge in [-0.15, -0.1) is 6.58 Å². The third kappa shape index (κ3) is 3.36. The van der Waals surface area contributed by atoms with Crippen LogP contribution in [0.3, 0.4) is 0 Å². The van der Waals surface area contributed by atoms with E-state index in [9.17, 15) is 14.4 Å². The van der Waals surface area contributed by atoms with Gasteiger partial charge in [0.05, 0.1) is 7.11 Å². The van der Waals surface area contributed by atoms with Crippen LogP contribution in [0.1, 0.15) is 27.2 Å². The molecule has 0 bridgehead atoms. The molecule has 1 heterocycles. The topological polar surface area (TPSA) is 78.9 Å². The molecule has 0 radical (unpaired) electrons. The minimum atomic E-state index is -1.75. The minimum Gasteiger partial charge on any atom is -0.466 e. The van der Waals surface area contributed by atoms with Gasteiger partial charge in [0.2, 0.25) is 0 Å². The number of methoxy groups -OCH3 is 1. The first-order valence-electron chi connectivity index (χ1n) is 7.14. The molecule has 0 amide bonds. The van der Waals surface area contributed by atoms with Gasteiger partial charge in [-0.3, -0.25) is 9.59 Å². The van der Waals surface area contributed by atoms with Crippen LogP contribution in [-0.2, 0) is 28.6 Å². The van der Waals surface area contributed by atoms with Crippen molar-refractivity contribution < 1.29 is 28.6 Å². The highest BCUT2D eigenvalue weighted by atomic mass is 16.7. The lowest BCUT2D eigenvalue weighted by molar-refractivity contribution is -0.253. The summed E-state index contributed by atoms with van der Waals surface area (Å²) >= 11 is 0. The summed E-state index contributed by atoms with van der Waals surface area (Å²) in [6, 6.07) is 0. The number of carbonyl (C=O) groups is 3. The number of allylic oxidation sites excluding steroid dienone is 3. The summed E-state index contributed by atoms with van der Waals surface area (Å²) < 4.78 is 15.2. The molecule has 1 aliphatic rings. The number of hydrogen-bond donors (Lipinski definition) is 0. The zero-order valence-electron chi connectivity index (χ0n) is 13.9. The second-order valence-corrected chi connectivity index (χ2v) is 5.66. The van der Waals surface area contributed by atoms with Gasteiger partial charge in [0.1, 0.15) is 0 Å². The van der Waals surface area contributed by atoms with Gasteiger partial charge in [-0.05, 0) is 13.3 Å². The van der Waals surface area contributed by atoms with Crippen molar-refractivity contribution in [2.45, 2.75) is 33.0 Å². The molecule has 1 rings (SSSR count). The van der Waals surface area contributed by atoms with Crippen molar-refractivity contribution in [3.8, 4) is 0 Å². The smallest absolute Gasteiger partial charge is 0.333 e. The van der Waals surface area contributed by atoms with E-state index < -0.39 is 35.0 Å². The molecule has 0 aliphatic carbocycles. The second kappa shape index (κ2) is 6.81. The van der Waals surface area contributed by atoms with Crippen LogP contribution in [0.4, 0.5) is 0 Å². The molecule has 1 atom stereocenters. The summed E-state index contributed by atoms with van der Waals surface area (Å²) in [7, 11) is 1.20. The summed E-state index contributed by atoms with van der Waals surface area (Å²) in [5, 5.41) is 0. The standard InChI is InChI=1S/C17H22O6/c1-7-9-12(11(3)13(18)21-6)17(10-8-2)14(19)22-16(4,5)23-15(17)20/h7-9,12H,2-3,10H2,1,4-6H3/b9-7+/t12-/m0/s1. The molecular weight excluding hydrogens is 300 g/mol. The largest absolute Gasteiger partial charge is 0.466 e. The maximum Gasteiger partial charge on any atom is 0.333 e. The number of ether oxygens (including phenoxy) is 3. The first kappa shape index (κ1) is 18.7. The molecule has 0 spiro atoms. The predicted molar refractivity (Wildman–Crippen MR) is 83.0 cm³/mol. The van der Waals surface area contributed by atoms with Crippen LogP contribution in [0, 0.1) is 11.3 Å². The highest BCUT2D eigenvalue weighted by Gasteiger charge is 2.60. The quantitative estimate of drug-likeness (QED) is 0.323. The van der Waals surface area contributed by atoms with Crippen LogP contribution in [0.25, 0.3) is 0 Å². The summed E-state index contributed by atoms with van der Waals surface area (Å²) in [6.07, 6.45) is 4.49. The molecule has 1 saturated heterocycles. The van der Waals surface area contributed by atoms with E-state index in [0.29, 0.717) is 0 Å². The summed E-state index contributed by atoms with van der Waals surface area (Å²) in [4.78, 5) is 37.2. The van der Waals surface area contributed by atoms with Crippen LogP contribution in [0.2, 0.25) is 0 Å². The van der Waals surface area contributed by atoms with Crippen molar-refractivity contribution in [3.05, 3.63) is 37.0 Å². The molecule has 1 fully saturated rings. The third-order valence-electron chi connectivity index (χ3n) is 3.61. The Morgan fingerprint density at radius 1 is 1.30 bits per heavy atom. The van der Waals surface area contributed by atoms with Crippen molar-refractivity contribution >= 4 is 17.9 Å². The van der Waals surface area contributed by atoms with Crippen molar-refractivity contribution in [3.63, 3.8) is 0 Å². The Morgan fingerprint density at radius 3 is 2.22 bits per heavy atom. The molecule has 126 valence electrons. The molecule has 23 heavy (non-hydrogen) atoms. The minimum absolute atomic E-state index is 0.0407. The Labute approximate surface area is 135 Å². The van der Waals surface area contributed by atoms with Gasteiger partial charge in [-0.25, -0.2) is 4.79 Å². The molecule has 6 nitrogen and oxygen atoms in total. The van der Waals surface area contributed by atoms with E-state index in [1.165, 1.54) is 33.1 Å². The van der Waals surface area contributed by atoms with Gasteiger partial charge in [0, 0.05) is 25.3 Å². The third-order valence-corrected chi connectivity index (χ3v) is 3.61. The van der Waals surface area contributed by atoms with Crippen LogP contribution in [0.5, 0.6) is 0 Å². The average Bonchev–Trinajstić information content (AvgIpc) is 2.46. The number of esters is 3. The molecule has 0 aromatic carbocycles. The van der Waals surface area contributed by atoms with Gasteiger partial charge in [-0.2, -0.15) is 0 Å². The monoisotopic (exact) mass is 322 g/mol. The van der Waals surface area contributed by atoms with E-state index in [0.717, 1.165) is 0 Å². The number of carbonyl (C=O) groups excluding carboxylic acids is 3. The van der Waals surface area contributed by atoms with Gasteiger partial charge in [0.25, 0.3) is 5.79 Å². The lowest BCUT2D eigenvalue weighted by atomic mass is 9.68. The molecule has 6 heteroatoms. The van der Waals surface area contributed by atoms with Gasteiger partial charge >= 0.3 is 17.9 Å². The molecule has 0 aromatic rings. The maximum absolute atomic E-state index is 12.7.